The lowest BCUT2D eigenvalue weighted by Crippen LogP contribution is -2.29. The van der Waals surface area contributed by atoms with Gasteiger partial charge in [0.05, 0.1) is 33.7 Å². The van der Waals surface area contributed by atoms with Gasteiger partial charge in [-0.2, -0.15) is 0 Å². The fraction of sp³-hybridized carbons (Fsp3) is 0.238. The Morgan fingerprint density at radius 3 is 2.70 bits per heavy atom. The van der Waals surface area contributed by atoms with Crippen LogP contribution >= 0.6 is 46.8 Å². The Morgan fingerprint density at radius 1 is 1.17 bits per heavy atom. The Bertz CT molecular complexity index is 1030. The predicted octanol–water partition coefficient (Wildman–Crippen LogP) is 5.65. The van der Waals surface area contributed by atoms with Crippen molar-refractivity contribution < 1.29 is 9.47 Å². The number of aromatic nitrogens is 1. The third kappa shape index (κ3) is 4.40. The number of thiophene rings is 1. The molecule has 3 aromatic rings. The number of anilines is 1. The molecule has 5 nitrogen and oxygen atoms in total. The van der Waals surface area contributed by atoms with Crippen molar-refractivity contribution in [2.45, 2.75) is 12.1 Å². The summed E-state index contributed by atoms with van der Waals surface area (Å²) in [5, 5.41) is 4.53. The van der Waals surface area contributed by atoms with Crippen LogP contribution in [0.3, 0.4) is 0 Å². The van der Waals surface area contributed by atoms with Crippen molar-refractivity contribution in [3.8, 4) is 5.75 Å². The SMILES string of the molecule is COCCOc1ccc(N2C(=S)N[C@@H](c3ccccn3)[C@@H]2c2ccc(Cl)s2)cc1Cl. The van der Waals surface area contributed by atoms with Crippen LogP contribution in [0, 0.1) is 0 Å². The summed E-state index contributed by atoms with van der Waals surface area (Å²) < 4.78 is 11.4. The lowest BCUT2D eigenvalue weighted by Gasteiger charge is -2.27. The highest BCUT2D eigenvalue weighted by molar-refractivity contribution is 7.80. The summed E-state index contributed by atoms with van der Waals surface area (Å²) in [7, 11) is 1.63. The van der Waals surface area contributed by atoms with Gasteiger partial charge >= 0.3 is 0 Å². The number of methoxy groups -OCH3 is 1. The average Bonchev–Trinajstić information content (AvgIpc) is 3.33. The summed E-state index contributed by atoms with van der Waals surface area (Å²) in [5.41, 5.74) is 1.77. The lowest BCUT2D eigenvalue weighted by atomic mass is 10.0. The second kappa shape index (κ2) is 9.49. The maximum Gasteiger partial charge on any atom is 0.174 e. The third-order valence-corrected chi connectivity index (χ3v) is 6.63. The summed E-state index contributed by atoms with van der Waals surface area (Å²) in [4.78, 5) is 7.68. The normalized spacial score (nSPS) is 18.5. The van der Waals surface area contributed by atoms with Gasteiger partial charge in [-0.15, -0.1) is 11.3 Å². The molecule has 0 radical (unpaired) electrons. The monoisotopic (exact) mass is 479 g/mol. The van der Waals surface area contributed by atoms with Gasteiger partial charge in [0.2, 0.25) is 0 Å². The molecule has 30 heavy (non-hydrogen) atoms. The Balaban J connectivity index is 1.70. The molecule has 2 atom stereocenters. The van der Waals surface area contributed by atoms with E-state index in [1.807, 2.05) is 48.5 Å². The van der Waals surface area contributed by atoms with Gasteiger partial charge in [-0.3, -0.25) is 4.98 Å². The number of thiocarbonyl (C=S) groups is 1. The number of pyridine rings is 1. The number of nitrogens with zero attached hydrogens (tertiary/aromatic N) is 2. The Kier molecular flexibility index (Phi) is 6.75. The summed E-state index contributed by atoms with van der Waals surface area (Å²) in [5.74, 6) is 0.604. The predicted molar refractivity (Wildman–Crippen MR) is 126 cm³/mol. The highest BCUT2D eigenvalue weighted by Crippen LogP contribution is 2.45. The van der Waals surface area contributed by atoms with Crippen molar-refractivity contribution in [1.82, 2.24) is 10.3 Å². The first-order chi connectivity index (χ1) is 14.6. The zero-order valence-electron chi connectivity index (χ0n) is 16.0. The number of halogens is 2. The average molecular weight is 480 g/mol. The van der Waals surface area contributed by atoms with E-state index in [9.17, 15) is 0 Å². The molecule has 2 aromatic heterocycles. The van der Waals surface area contributed by atoms with Gasteiger partial charge in [-0.1, -0.05) is 29.3 Å². The zero-order valence-corrected chi connectivity index (χ0v) is 19.2. The Hall–Kier alpha value is -1.90. The van der Waals surface area contributed by atoms with Crippen LogP contribution in [0.1, 0.15) is 22.7 Å². The van der Waals surface area contributed by atoms with E-state index in [-0.39, 0.29) is 12.1 Å². The zero-order chi connectivity index (χ0) is 21.1. The first-order valence-electron chi connectivity index (χ1n) is 9.25. The van der Waals surface area contributed by atoms with Crippen LogP contribution in [0.2, 0.25) is 9.36 Å². The quantitative estimate of drug-likeness (QED) is 0.348. The van der Waals surface area contributed by atoms with Crippen LogP contribution in [0.4, 0.5) is 5.69 Å². The number of hydrogen-bond donors (Lipinski definition) is 1. The van der Waals surface area contributed by atoms with E-state index < -0.39 is 0 Å². The van der Waals surface area contributed by atoms with Crippen molar-refractivity contribution in [2.24, 2.45) is 0 Å². The highest BCUT2D eigenvalue weighted by atomic mass is 35.5. The van der Waals surface area contributed by atoms with E-state index in [1.54, 1.807) is 13.3 Å². The fourth-order valence-corrected chi connectivity index (χ4v) is 5.17. The van der Waals surface area contributed by atoms with E-state index in [2.05, 4.69) is 15.2 Å². The van der Waals surface area contributed by atoms with E-state index in [4.69, 9.17) is 44.9 Å². The van der Waals surface area contributed by atoms with Gasteiger partial charge in [-0.25, -0.2) is 0 Å². The summed E-state index contributed by atoms with van der Waals surface area (Å²) in [6, 6.07) is 15.2. The Morgan fingerprint density at radius 2 is 2.03 bits per heavy atom. The molecule has 3 heterocycles. The van der Waals surface area contributed by atoms with Crippen LogP contribution in [0.5, 0.6) is 5.75 Å². The molecular weight excluding hydrogens is 461 g/mol. The van der Waals surface area contributed by atoms with Crippen molar-refractivity contribution >= 4 is 57.6 Å². The molecule has 1 aliphatic heterocycles. The van der Waals surface area contributed by atoms with Crippen molar-refractivity contribution in [3.63, 3.8) is 0 Å². The van der Waals surface area contributed by atoms with Crippen molar-refractivity contribution in [1.29, 1.82) is 0 Å². The van der Waals surface area contributed by atoms with E-state index in [0.29, 0.717) is 29.1 Å². The number of nitrogens with one attached hydrogen (secondary N) is 1. The van der Waals surface area contributed by atoms with Gasteiger partial charge in [0.25, 0.3) is 0 Å². The van der Waals surface area contributed by atoms with Crippen LogP contribution < -0.4 is 15.0 Å². The standard InChI is InChI=1S/C21H19Cl2N3O2S2/c1-27-10-11-28-16-6-5-13(12-14(16)22)26-20(17-7-8-18(23)30-17)19(25-21(26)29)15-4-2-3-9-24-15/h2-9,12,19-20H,10-11H2,1H3,(H,25,29)/t19-,20-/m0/s1. The van der Waals surface area contributed by atoms with E-state index >= 15 is 0 Å². The number of rotatable bonds is 7. The van der Waals surface area contributed by atoms with Crippen LogP contribution in [0.15, 0.2) is 54.7 Å². The Labute approximate surface area is 194 Å². The molecule has 0 unspecified atom stereocenters. The molecule has 1 aromatic carbocycles. The molecule has 1 N–H and O–H groups in total. The number of hydrogen-bond acceptors (Lipinski definition) is 5. The minimum absolute atomic E-state index is 0.110. The molecule has 9 heteroatoms. The first kappa shape index (κ1) is 21.3. The molecule has 1 aliphatic rings. The molecule has 0 spiro atoms. The molecule has 0 amide bonds. The van der Waals surface area contributed by atoms with E-state index in [0.717, 1.165) is 20.6 Å². The van der Waals surface area contributed by atoms with Gasteiger partial charge in [0.1, 0.15) is 12.4 Å². The molecule has 0 saturated carbocycles. The van der Waals surface area contributed by atoms with Crippen LogP contribution in [0.25, 0.3) is 0 Å². The third-order valence-electron chi connectivity index (χ3n) is 4.72. The summed E-state index contributed by atoms with van der Waals surface area (Å²) >= 11 is 20.0. The van der Waals surface area contributed by atoms with Crippen molar-refractivity contribution in [2.75, 3.05) is 25.2 Å². The molecule has 4 rings (SSSR count). The fourth-order valence-electron chi connectivity index (χ4n) is 3.40. The molecule has 156 valence electrons. The number of ether oxygens (including phenoxy) is 2. The maximum absolute atomic E-state index is 6.50. The van der Waals surface area contributed by atoms with Gasteiger partial charge in [0, 0.05) is 23.9 Å². The second-order valence-electron chi connectivity index (χ2n) is 6.59. The number of benzene rings is 1. The second-order valence-corrected chi connectivity index (χ2v) is 9.14. The summed E-state index contributed by atoms with van der Waals surface area (Å²) in [6.45, 7) is 0.919. The van der Waals surface area contributed by atoms with Gasteiger partial charge in [0.15, 0.2) is 5.11 Å². The molecule has 0 bridgehead atoms. The minimum atomic E-state index is -0.121. The summed E-state index contributed by atoms with van der Waals surface area (Å²) in [6.07, 6.45) is 1.78. The molecule has 1 fully saturated rings. The van der Waals surface area contributed by atoms with Gasteiger partial charge in [-0.05, 0) is 54.7 Å². The molecular formula is C21H19Cl2N3O2S2. The van der Waals surface area contributed by atoms with Crippen molar-refractivity contribution in [3.05, 3.63) is 74.7 Å². The minimum Gasteiger partial charge on any atom is -0.490 e. The highest BCUT2D eigenvalue weighted by Gasteiger charge is 2.41. The van der Waals surface area contributed by atoms with Crippen LogP contribution in [-0.4, -0.2) is 30.4 Å². The molecule has 1 saturated heterocycles. The van der Waals surface area contributed by atoms with Gasteiger partial charge < -0.3 is 19.7 Å². The topological polar surface area (TPSA) is 46.6 Å². The van der Waals surface area contributed by atoms with Crippen LogP contribution in [-0.2, 0) is 4.74 Å². The largest absolute Gasteiger partial charge is 0.490 e. The van der Waals surface area contributed by atoms with E-state index in [1.165, 1.54) is 11.3 Å². The first-order valence-corrected chi connectivity index (χ1v) is 11.2. The smallest absolute Gasteiger partial charge is 0.174 e. The molecule has 0 aliphatic carbocycles. The lowest BCUT2D eigenvalue weighted by molar-refractivity contribution is 0.146. The maximum atomic E-state index is 6.50.